The number of carbonyl (C=O) groups is 1. The molecule has 0 radical (unpaired) electrons. The van der Waals surface area contributed by atoms with E-state index in [9.17, 15) is 4.79 Å². The van der Waals surface area contributed by atoms with Crippen LogP contribution in [0.3, 0.4) is 0 Å². The van der Waals surface area contributed by atoms with E-state index in [4.69, 9.17) is 4.74 Å². The minimum absolute atomic E-state index is 0.101. The zero-order valence-corrected chi connectivity index (χ0v) is 18.7. The summed E-state index contributed by atoms with van der Waals surface area (Å²) in [5, 5.41) is 7.61. The summed E-state index contributed by atoms with van der Waals surface area (Å²) in [4.78, 5) is 15.5. The van der Waals surface area contributed by atoms with Gasteiger partial charge in [0.1, 0.15) is 5.75 Å². The minimum Gasteiger partial charge on any atom is -0.497 e. The van der Waals surface area contributed by atoms with Crippen molar-refractivity contribution in [2.75, 3.05) is 32.1 Å². The zero-order chi connectivity index (χ0) is 21.6. The number of aromatic nitrogens is 2. The number of benzene rings is 1. The first kappa shape index (κ1) is 21.6. The number of carbonyl (C=O) groups excluding carboxylic acids is 1. The number of nitrogens with zero attached hydrogens (tertiary/aromatic N) is 3. The highest BCUT2D eigenvalue weighted by Crippen LogP contribution is 2.26. The topological polar surface area (TPSA) is 59.4 Å². The molecule has 31 heavy (non-hydrogen) atoms. The molecule has 1 fully saturated rings. The van der Waals surface area contributed by atoms with Crippen molar-refractivity contribution >= 4 is 11.6 Å². The summed E-state index contributed by atoms with van der Waals surface area (Å²) in [6.45, 7) is 3.55. The summed E-state index contributed by atoms with van der Waals surface area (Å²) < 4.78 is 6.94. The second kappa shape index (κ2) is 10.1. The van der Waals surface area contributed by atoms with E-state index in [0.717, 1.165) is 42.6 Å². The molecule has 6 nitrogen and oxygen atoms in total. The van der Waals surface area contributed by atoms with Crippen LogP contribution in [0.2, 0.25) is 0 Å². The van der Waals surface area contributed by atoms with Crippen molar-refractivity contribution in [3.63, 3.8) is 0 Å². The predicted molar refractivity (Wildman–Crippen MR) is 124 cm³/mol. The fourth-order valence-corrected chi connectivity index (χ4v) is 4.78. The van der Waals surface area contributed by atoms with Crippen LogP contribution in [0.4, 0.5) is 5.69 Å². The molecule has 2 heterocycles. The second-order valence-corrected chi connectivity index (χ2v) is 8.94. The normalized spacial score (nSPS) is 20.0. The summed E-state index contributed by atoms with van der Waals surface area (Å²) in [5.74, 6) is 2.08. The number of methoxy groups -OCH3 is 1. The minimum atomic E-state index is -0.101. The number of nitrogens with one attached hydrogen (secondary N) is 1. The predicted octanol–water partition coefficient (Wildman–Crippen LogP) is 4.29. The van der Waals surface area contributed by atoms with Gasteiger partial charge in [0.2, 0.25) is 0 Å². The molecule has 1 aliphatic heterocycles. The van der Waals surface area contributed by atoms with Crippen LogP contribution in [0.25, 0.3) is 0 Å². The lowest BCUT2D eigenvalue weighted by atomic mass is 9.89. The monoisotopic (exact) mass is 422 g/mol. The molecule has 1 atom stereocenters. The number of rotatable bonds is 7. The Morgan fingerprint density at radius 1 is 1.13 bits per heavy atom. The first-order valence-corrected chi connectivity index (χ1v) is 11.5. The summed E-state index contributed by atoms with van der Waals surface area (Å²) in [7, 11) is 3.52. The lowest BCUT2D eigenvalue weighted by Gasteiger charge is -2.34. The molecule has 1 saturated heterocycles. The van der Waals surface area contributed by atoms with Gasteiger partial charge in [-0.1, -0.05) is 12.2 Å². The van der Waals surface area contributed by atoms with Gasteiger partial charge in [0, 0.05) is 25.5 Å². The largest absolute Gasteiger partial charge is 0.497 e. The number of anilines is 1. The van der Waals surface area contributed by atoms with E-state index in [1.807, 2.05) is 37.5 Å². The molecular formula is C25H34N4O2. The highest BCUT2D eigenvalue weighted by Gasteiger charge is 2.25. The molecule has 1 aromatic carbocycles. The first-order valence-electron chi connectivity index (χ1n) is 11.5. The Kier molecular flexibility index (Phi) is 7.07. The first-order chi connectivity index (χ1) is 15.1. The molecule has 1 amide bonds. The summed E-state index contributed by atoms with van der Waals surface area (Å²) >= 11 is 0. The average Bonchev–Trinajstić information content (AvgIpc) is 3.16. The van der Waals surface area contributed by atoms with Crippen LogP contribution in [0.15, 0.2) is 42.6 Å². The van der Waals surface area contributed by atoms with Crippen molar-refractivity contribution in [2.24, 2.45) is 18.9 Å². The van der Waals surface area contributed by atoms with Gasteiger partial charge < -0.3 is 15.0 Å². The van der Waals surface area contributed by atoms with Crippen LogP contribution in [0, 0.1) is 11.8 Å². The van der Waals surface area contributed by atoms with E-state index in [-0.39, 0.29) is 5.91 Å². The third kappa shape index (κ3) is 5.76. The second-order valence-electron chi connectivity index (χ2n) is 8.94. The Hall–Kier alpha value is -2.60. The number of allylic oxidation sites excluding steroid dienone is 2. The molecule has 2 aromatic rings. The maximum Gasteiger partial charge on any atom is 0.259 e. The van der Waals surface area contributed by atoms with Crippen molar-refractivity contribution in [3.05, 3.63) is 53.9 Å². The van der Waals surface area contributed by atoms with Crippen LogP contribution in [-0.4, -0.2) is 47.3 Å². The van der Waals surface area contributed by atoms with E-state index >= 15 is 0 Å². The molecule has 0 saturated carbocycles. The van der Waals surface area contributed by atoms with Gasteiger partial charge in [0.25, 0.3) is 5.91 Å². The van der Waals surface area contributed by atoms with E-state index in [1.165, 1.54) is 38.6 Å². The summed E-state index contributed by atoms with van der Waals surface area (Å²) in [6.07, 6.45) is 13.5. The van der Waals surface area contributed by atoms with Gasteiger partial charge >= 0.3 is 0 Å². The third-order valence-corrected chi connectivity index (χ3v) is 6.58. The van der Waals surface area contributed by atoms with Gasteiger partial charge in [0.05, 0.1) is 18.4 Å². The van der Waals surface area contributed by atoms with Crippen molar-refractivity contribution in [2.45, 2.75) is 38.5 Å². The fourth-order valence-electron chi connectivity index (χ4n) is 4.78. The zero-order valence-electron chi connectivity index (χ0n) is 18.7. The van der Waals surface area contributed by atoms with Crippen molar-refractivity contribution < 1.29 is 9.53 Å². The lowest BCUT2D eigenvalue weighted by Crippen LogP contribution is -2.38. The van der Waals surface area contributed by atoms with Gasteiger partial charge in [-0.05, 0) is 87.7 Å². The summed E-state index contributed by atoms with van der Waals surface area (Å²) in [6, 6.07) is 7.39. The van der Waals surface area contributed by atoms with Crippen LogP contribution in [-0.2, 0) is 13.5 Å². The van der Waals surface area contributed by atoms with Crippen LogP contribution < -0.4 is 10.1 Å². The molecule has 2 aliphatic rings. The highest BCUT2D eigenvalue weighted by atomic mass is 16.5. The quantitative estimate of drug-likeness (QED) is 0.676. The number of piperidine rings is 1. The Morgan fingerprint density at radius 3 is 2.58 bits per heavy atom. The fraction of sp³-hybridized carbons (Fsp3) is 0.520. The molecule has 1 unspecified atom stereocenters. The molecule has 1 aliphatic carbocycles. The number of hydrogen-bond donors (Lipinski definition) is 1. The molecule has 6 heteroatoms. The average molecular weight is 423 g/mol. The maximum absolute atomic E-state index is 12.9. The van der Waals surface area contributed by atoms with Gasteiger partial charge in [-0.15, -0.1) is 0 Å². The Bertz CT molecular complexity index is 895. The summed E-state index contributed by atoms with van der Waals surface area (Å²) in [5.41, 5.74) is 2.34. The standard InChI is InChI=1S/C25H34N4O2/c1-28-18-23(25(30)26-21-8-10-22(31-2)11-9-21)24(27-28)16-19-12-14-29(15-13-19)17-20-6-4-3-5-7-20/h3-4,8-11,18-20H,5-7,12-17H2,1-2H3,(H,26,30). The number of ether oxygens (including phenoxy) is 1. The van der Waals surface area contributed by atoms with Gasteiger partial charge in [-0.2, -0.15) is 5.10 Å². The van der Waals surface area contributed by atoms with Gasteiger partial charge in [-0.3, -0.25) is 9.48 Å². The van der Waals surface area contributed by atoms with E-state index in [2.05, 4.69) is 27.5 Å². The molecule has 0 bridgehead atoms. The smallest absolute Gasteiger partial charge is 0.259 e. The Labute approximate surface area is 185 Å². The van der Waals surface area contributed by atoms with Gasteiger partial charge in [-0.25, -0.2) is 0 Å². The van der Waals surface area contributed by atoms with Crippen molar-refractivity contribution in [3.8, 4) is 5.75 Å². The highest BCUT2D eigenvalue weighted by molar-refractivity contribution is 6.04. The number of likely N-dealkylation sites (tertiary alicyclic amines) is 1. The van der Waals surface area contributed by atoms with Crippen LogP contribution >= 0.6 is 0 Å². The molecule has 4 rings (SSSR count). The number of hydrogen-bond acceptors (Lipinski definition) is 4. The van der Waals surface area contributed by atoms with E-state index < -0.39 is 0 Å². The molecule has 1 aromatic heterocycles. The molecule has 166 valence electrons. The molecule has 0 spiro atoms. The van der Waals surface area contributed by atoms with Crippen LogP contribution in [0.5, 0.6) is 5.75 Å². The Morgan fingerprint density at radius 2 is 1.90 bits per heavy atom. The van der Waals surface area contributed by atoms with Crippen LogP contribution in [0.1, 0.15) is 48.2 Å². The maximum atomic E-state index is 12.9. The van der Waals surface area contributed by atoms with Gasteiger partial charge in [0.15, 0.2) is 0 Å². The van der Waals surface area contributed by atoms with Crippen molar-refractivity contribution in [1.82, 2.24) is 14.7 Å². The third-order valence-electron chi connectivity index (χ3n) is 6.58. The van der Waals surface area contributed by atoms with Crippen molar-refractivity contribution in [1.29, 1.82) is 0 Å². The number of amides is 1. The Balaban J connectivity index is 1.32. The SMILES string of the molecule is COc1ccc(NC(=O)c2cn(C)nc2CC2CCN(CC3CC=CCC3)CC2)cc1. The van der Waals surface area contributed by atoms with E-state index in [1.54, 1.807) is 11.8 Å². The molecular weight excluding hydrogens is 388 g/mol. The number of aryl methyl sites for hydroxylation is 1. The molecule has 1 N–H and O–H groups in total. The lowest BCUT2D eigenvalue weighted by molar-refractivity contribution is 0.102. The van der Waals surface area contributed by atoms with E-state index in [0.29, 0.717) is 11.5 Å².